The second-order valence-electron chi connectivity index (χ2n) is 4.05. The van der Waals surface area contributed by atoms with Gasteiger partial charge in [-0.2, -0.15) is 5.10 Å². The molecular formula is C10H16N4O2. The van der Waals surface area contributed by atoms with E-state index in [1.807, 2.05) is 0 Å². The van der Waals surface area contributed by atoms with Crippen LogP contribution in [0.4, 0.5) is 5.82 Å². The van der Waals surface area contributed by atoms with Gasteiger partial charge in [0.15, 0.2) is 5.82 Å². The molecule has 1 aromatic rings. The Morgan fingerprint density at radius 2 is 2.56 bits per heavy atom. The van der Waals surface area contributed by atoms with E-state index in [-0.39, 0.29) is 11.7 Å². The average molecular weight is 224 g/mol. The van der Waals surface area contributed by atoms with Gasteiger partial charge >= 0.3 is 0 Å². The number of carbonyl (C=O) groups is 1. The van der Waals surface area contributed by atoms with Crippen molar-refractivity contribution in [2.75, 3.05) is 25.5 Å². The van der Waals surface area contributed by atoms with E-state index in [4.69, 9.17) is 10.5 Å². The van der Waals surface area contributed by atoms with Gasteiger partial charge < -0.3 is 15.8 Å². The number of aromatic nitrogens is 2. The fourth-order valence-corrected chi connectivity index (χ4v) is 1.80. The SMILES string of the molecule is Cc1[nH]nc(N)c1C(=O)NCC1CCOC1. The Labute approximate surface area is 93.5 Å². The number of aryl methyl sites for hydroxylation is 1. The molecule has 1 atom stereocenters. The van der Waals surface area contributed by atoms with Gasteiger partial charge in [0, 0.05) is 24.8 Å². The van der Waals surface area contributed by atoms with Gasteiger partial charge in [-0.25, -0.2) is 0 Å². The second kappa shape index (κ2) is 4.52. The standard InChI is InChI=1S/C10H16N4O2/c1-6-8(9(11)14-13-6)10(15)12-4-7-2-3-16-5-7/h7H,2-5H2,1H3,(H,12,15)(H3,11,13,14). The molecule has 16 heavy (non-hydrogen) atoms. The number of nitrogen functional groups attached to an aromatic ring is 1. The smallest absolute Gasteiger partial charge is 0.256 e. The monoisotopic (exact) mass is 224 g/mol. The number of H-pyrrole nitrogens is 1. The largest absolute Gasteiger partial charge is 0.382 e. The molecule has 1 saturated heterocycles. The molecule has 1 aromatic heterocycles. The second-order valence-corrected chi connectivity index (χ2v) is 4.05. The highest BCUT2D eigenvalue weighted by Crippen LogP contribution is 2.14. The van der Waals surface area contributed by atoms with Gasteiger partial charge in [-0.15, -0.1) is 0 Å². The van der Waals surface area contributed by atoms with Crippen molar-refractivity contribution in [1.29, 1.82) is 0 Å². The Morgan fingerprint density at radius 1 is 1.75 bits per heavy atom. The van der Waals surface area contributed by atoms with Crippen LogP contribution in [0.15, 0.2) is 0 Å². The first kappa shape index (κ1) is 10.9. The third-order valence-corrected chi connectivity index (χ3v) is 2.78. The minimum atomic E-state index is -0.171. The molecule has 2 heterocycles. The summed E-state index contributed by atoms with van der Waals surface area (Å²) in [7, 11) is 0. The van der Waals surface area contributed by atoms with Crippen molar-refractivity contribution in [3.63, 3.8) is 0 Å². The Morgan fingerprint density at radius 3 is 3.12 bits per heavy atom. The molecule has 0 bridgehead atoms. The molecule has 0 radical (unpaired) electrons. The lowest BCUT2D eigenvalue weighted by Gasteiger charge is -2.09. The van der Waals surface area contributed by atoms with E-state index < -0.39 is 0 Å². The minimum Gasteiger partial charge on any atom is -0.382 e. The van der Waals surface area contributed by atoms with Crippen LogP contribution in [0.1, 0.15) is 22.5 Å². The van der Waals surface area contributed by atoms with Gasteiger partial charge in [0.05, 0.1) is 6.61 Å². The van der Waals surface area contributed by atoms with Gasteiger partial charge in [0.1, 0.15) is 5.56 Å². The van der Waals surface area contributed by atoms with Crippen LogP contribution in [-0.4, -0.2) is 35.9 Å². The summed E-state index contributed by atoms with van der Waals surface area (Å²) >= 11 is 0. The lowest BCUT2D eigenvalue weighted by Crippen LogP contribution is -2.30. The summed E-state index contributed by atoms with van der Waals surface area (Å²) in [6, 6.07) is 0. The first-order chi connectivity index (χ1) is 7.68. The quantitative estimate of drug-likeness (QED) is 0.677. The molecule has 1 fully saturated rings. The highest BCUT2D eigenvalue weighted by Gasteiger charge is 2.19. The fraction of sp³-hybridized carbons (Fsp3) is 0.600. The maximum absolute atomic E-state index is 11.8. The number of aromatic amines is 1. The van der Waals surface area contributed by atoms with Crippen molar-refractivity contribution in [2.45, 2.75) is 13.3 Å². The van der Waals surface area contributed by atoms with E-state index in [0.717, 1.165) is 19.6 Å². The third-order valence-electron chi connectivity index (χ3n) is 2.78. The molecule has 2 rings (SSSR count). The van der Waals surface area contributed by atoms with Crippen LogP contribution >= 0.6 is 0 Å². The van der Waals surface area contributed by atoms with Crippen molar-refractivity contribution in [3.8, 4) is 0 Å². The fourth-order valence-electron chi connectivity index (χ4n) is 1.80. The molecule has 0 saturated carbocycles. The highest BCUT2D eigenvalue weighted by molar-refractivity contribution is 5.99. The summed E-state index contributed by atoms with van der Waals surface area (Å²) < 4.78 is 5.23. The number of ether oxygens (including phenoxy) is 1. The molecule has 4 N–H and O–H groups in total. The Bertz CT molecular complexity index is 363. The predicted octanol–water partition coefficient (Wildman–Crippen LogP) is 0.0666. The number of rotatable bonds is 3. The van der Waals surface area contributed by atoms with Crippen LogP contribution < -0.4 is 11.1 Å². The van der Waals surface area contributed by atoms with Crippen LogP contribution in [0.2, 0.25) is 0 Å². The number of amides is 1. The van der Waals surface area contributed by atoms with Gasteiger partial charge in [0.25, 0.3) is 5.91 Å². The first-order valence-electron chi connectivity index (χ1n) is 5.35. The minimum absolute atomic E-state index is 0.171. The number of nitrogens with zero attached hydrogens (tertiary/aromatic N) is 1. The topological polar surface area (TPSA) is 93.0 Å². The normalized spacial score (nSPS) is 19.9. The Balaban J connectivity index is 1.92. The summed E-state index contributed by atoms with van der Waals surface area (Å²) in [6.45, 7) is 3.91. The van der Waals surface area contributed by atoms with Gasteiger partial charge in [-0.3, -0.25) is 9.89 Å². The van der Waals surface area contributed by atoms with Crippen molar-refractivity contribution in [2.24, 2.45) is 5.92 Å². The molecule has 6 heteroatoms. The molecule has 88 valence electrons. The summed E-state index contributed by atoms with van der Waals surface area (Å²) in [5.41, 5.74) is 6.73. The molecule has 0 spiro atoms. The predicted molar refractivity (Wildman–Crippen MR) is 59.0 cm³/mol. The Kier molecular flexibility index (Phi) is 3.09. The summed E-state index contributed by atoms with van der Waals surface area (Å²) in [4.78, 5) is 11.8. The summed E-state index contributed by atoms with van der Waals surface area (Å²) in [5.74, 6) is 0.491. The summed E-state index contributed by atoms with van der Waals surface area (Å²) in [5, 5.41) is 9.32. The van der Waals surface area contributed by atoms with Crippen LogP contribution in [0.3, 0.4) is 0 Å². The van der Waals surface area contributed by atoms with Crippen LogP contribution in [-0.2, 0) is 4.74 Å². The van der Waals surface area contributed by atoms with Crippen molar-refractivity contribution in [3.05, 3.63) is 11.3 Å². The zero-order valence-electron chi connectivity index (χ0n) is 9.25. The zero-order chi connectivity index (χ0) is 11.5. The maximum Gasteiger partial charge on any atom is 0.256 e. The van der Waals surface area contributed by atoms with Gasteiger partial charge in [-0.05, 0) is 13.3 Å². The zero-order valence-corrected chi connectivity index (χ0v) is 9.25. The van der Waals surface area contributed by atoms with E-state index in [1.165, 1.54) is 0 Å². The maximum atomic E-state index is 11.8. The van der Waals surface area contributed by atoms with Crippen LogP contribution in [0, 0.1) is 12.8 Å². The molecule has 1 amide bonds. The number of nitrogens with one attached hydrogen (secondary N) is 2. The molecule has 1 unspecified atom stereocenters. The van der Waals surface area contributed by atoms with E-state index >= 15 is 0 Å². The Hall–Kier alpha value is -1.56. The van der Waals surface area contributed by atoms with Crippen LogP contribution in [0.5, 0.6) is 0 Å². The molecule has 6 nitrogen and oxygen atoms in total. The van der Waals surface area contributed by atoms with Crippen LogP contribution in [0.25, 0.3) is 0 Å². The van der Waals surface area contributed by atoms with Gasteiger partial charge in [-0.1, -0.05) is 0 Å². The summed E-state index contributed by atoms with van der Waals surface area (Å²) in [6.07, 6.45) is 1.00. The molecule has 0 aromatic carbocycles. The number of carbonyl (C=O) groups excluding carboxylic acids is 1. The number of hydrogen-bond acceptors (Lipinski definition) is 4. The number of nitrogens with two attached hydrogens (primary N) is 1. The van der Waals surface area contributed by atoms with Gasteiger partial charge in [0.2, 0.25) is 0 Å². The molecule has 1 aliphatic heterocycles. The van der Waals surface area contributed by atoms with E-state index in [1.54, 1.807) is 6.92 Å². The van der Waals surface area contributed by atoms with E-state index in [9.17, 15) is 4.79 Å². The lowest BCUT2D eigenvalue weighted by molar-refractivity contribution is 0.0945. The number of anilines is 1. The van der Waals surface area contributed by atoms with Crippen molar-refractivity contribution in [1.82, 2.24) is 15.5 Å². The highest BCUT2D eigenvalue weighted by atomic mass is 16.5. The van der Waals surface area contributed by atoms with Crippen molar-refractivity contribution >= 4 is 11.7 Å². The van der Waals surface area contributed by atoms with E-state index in [0.29, 0.717) is 23.7 Å². The average Bonchev–Trinajstić information content (AvgIpc) is 2.86. The molecule has 1 aliphatic rings. The lowest BCUT2D eigenvalue weighted by atomic mass is 10.1. The molecule has 0 aliphatic carbocycles. The third kappa shape index (κ3) is 2.16. The van der Waals surface area contributed by atoms with E-state index in [2.05, 4.69) is 15.5 Å². The van der Waals surface area contributed by atoms with Crippen molar-refractivity contribution < 1.29 is 9.53 Å². The first-order valence-corrected chi connectivity index (χ1v) is 5.35. The molecular weight excluding hydrogens is 208 g/mol. The number of hydrogen-bond donors (Lipinski definition) is 3.